The third-order valence-electron chi connectivity index (χ3n) is 8.31. The van der Waals surface area contributed by atoms with Crippen molar-refractivity contribution in [2.24, 2.45) is 0 Å². The van der Waals surface area contributed by atoms with E-state index in [1.165, 1.54) is 10.8 Å². The predicted octanol–water partition coefficient (Wildman–Crippen LogP) is 10.2. The Bertz CT molecular complexity index is 2510. The van der Waals surface area contributed by atoms with Gasteiger partial charge in [0.25, 0.3) is 0 Å². The van der Waals surface area contributed by atoms with Crippen molar-refractivity contribution in [3.63, 3.8) is 0 Å². The topological polar surface area (TPSA) is 51.8 Å². The number of fused-ring (bicyclic) bond motifs is 8. The molecule has 0 N–H and O–H groups in total. The molecule has 200 valence electrons. The van der Waals surface area contributed by atoms with Crippen LogP contribution in [0.25, 0.3) is 88.4 Å². The lowest BCUT2D eigenvalue weighted by Crippen LogP contribution is -2.00. The first-order chi connectivity index (χ1) is 21.3. The fraction of sp³-hybridized carbons (Fsp3) is 0. The number of nitrogens with zero attached hydrogens (tertiary/aromatic N) is 3. The van der Waals surface area contributed by atoms with Gasteiger partial charge in [-0.3, -0.25) is 0 Å². The van der Waals surface area contributed by atoms with Crippen LogP contribution >= 0.6 is 0 Å². The molecule has 0 unspecified atom stereocenters. The normalized spacial score (nSPS) is 11.7. The fourth-order valence-corrected chi connectivity index (χ4v) is 6.31. The van der Waals surface area contributed by atoms with E-state index in [4.69, 9.17) is 19.4 Å². The summed E-state index contributed by atoms with van der Waals surface area (Å²) in [6.07, 6.45) is 0. The summed E-state index contributed by atoms with van der Waals surface area (Å²) < 4.78 is 6.65. The molecular weight excluding hydrogens is 526 g/mol. The molecular formula is C39H23N3O. The van der Waals surface area contributed by atoms with E-state index < -0.39 is 0 Å². The molecule has 0 aliphatic heterocycles. The first-order valence-corrected chi connectivity index (χ1v) is 14.4. The van der Waals surface area contributed by atoms with E-state index >= 15 is 0 Å². The monoisotopic (exact) mass is 549 g/mol. The minimum atomic E-state index is 0.614. The van der Waals surface area contributed by atoms with Gasteiger partial charge in [-0.2, -0.15) is 0 Å². The van der Waals surface area contributed by atoms with Crippen molar-refractivity contribution in [3.8, 4) is 34.2 Å². The molecule has 4 heteroatoms. The van der Waals surface area contributed by atoms with Gasteiger partial charge < -0.3 is 4.42 Å². The minimum Gasteiger partial charge on any atom is -0.455 e. The second-order valence-corrected chi connectivity index (χ2v) is 10.8. The van der Waals surface area contributed by atoms with Gasteiger partial charge in [0.2, 0.25) is 0 Å². The van der Waals surface area contributed by atoms with Gasteiger partial charge in [-0.15, -0.1) is 0 Å². The second-order valence-electron chi connectivity index (χ2n) is 10.8. The fourth-order valence-electron chi connectivity index (χ4n) is 6.31. The minimum absolute atomic E-state index is 0.614. The average Bonchev–Trinajstić information content (AvgIpc) is 3.47. The average molecular weight is 550 g/mol. The van der Waals surface area contributed by atoms with E-state index in [1.54, 1.807) is 0 Å². The molecule has 0 saturated heterocycles. The van der Waals surface area contributed by atoms with Crippen LogP contribution in [-0.4, -0.2) is 15.0 Å². The Hall–Kier alpha value is -5.87. The van der Waals surface area contributed by atoms with Crippen molar-refractivity contribution in [3.05, 3.63) is 140 Å². The molecule has 0 amide bonds. The zero-order valence-electron chi connectivity index (χ0n) is 23.0. The van der Waals surface area contributed by atoms with Crippen LogP contribution < -0.4 is 0 Å². The zero-order valence-corrected chi connectivity index (χ0v) is 23.0. The summed E-state index contributed by atoms with van der Waals surface area (Å²) in [5.41, 5.74) is 4.51. The van der Waals surface area contributed by atoms with E-state index in [-0.39, 0.29) is 0 Å². The van der Waals surface area contributed by atoms with Crippen LogP contribution in [0.15, 0.2) is 144 Å². The largest absolute Gasteiger partial charge is 0.455 e. The van der Waals surface area contributed by atoms with E-state index in [0.717, 1.165) is 60.2 Å². The molecule has 0 radical (unpaired) electrons. The highest BCUT2D eigenvalue weighted by atomic mass is 16.3. The van der Waals surface area contributed by atoms with Gasteiger partial charge in [0.05, 0.1) is 0 Å². The van der Waals surface area contributed by atoms with Crippen molar-refractivity contribution in [1.82, 2.24) is 15.0 Å². The number of aromatic nitrogens is 3. The Morgan fingerprint density at radius 3 is 1.84 bits per heavy atom. The van der Waals surface area contributed by atoms with Gasteiger partial charge in [-0.1, -0.05) is 127 Å². The molecule has 0 bridgehead atoms. The van der Waals surface area contributed by atoms with E-state index in [2.05, 4.69) is 97.1 Å². The summed E-state index contributed by atoms with van der Waals surface area (Å²) in [7, 11) is 0. The first kappa shape index (κ1) is 23.8. The Morgan fingerprint density at radius 1 is 0.372 bits per heavy atom. The van der Waals surface area contributed by atoms with Crippen LogP contribution in [0.5, 0.6) is 0 Å². The Kier molecular flexibility index (Phi) is 5.16. The van der Waals surface area contributed by atoms with Gasteiger partial charge in [0.1, 0.15) is 11.2 Å². The summed E-state index contributed by atoms with van der Waals surface area (Å²) in [5, 5.41) is 8.93. The lowest BCUT2D eigenvalue weighted by Gasteiger charge is -2.11. The second kappa shape index (κ2) is 9.33. The van der Waals surface area contributed by atoms with Gasteiger partial charge >= 0.3 is 0 Å². The summed E-state index contributed by atoms with van der Waals surface area (Å²) >= 11 is 0. The molecule has 0 aliphatic carbocycles. The summed E-state index contributed by atoms with van der Waals surface area (Å²) in [5.74, 6) is 1.89. The van der Waals surface area contributed by atoms with Crippen LogP contribution in [0, 0.1) is 0 Å². The molecule has 7 aromatic carbocycles. The Morgan fingerprint density at radius 2 is 0.977 bits per heavy atom. The first-order valence-electron chi connectivity index (χ1n) is 14.4. The lowest BCUT2D eigenvalue weighted by molar-refractivity contribution is 0.673. The Balaban J connectivity index is 1.36. The Labute approximate surface area is 246 Å². The summed E-state index contributed by atoms with van der Waals surface area (Å²) in [6, 6.07) is 48.0. The van der Waals surface area contributed by atoms with E-state index in [9.17, 15) is 0 Å². The van der Waals surface area contributed by atoms with E-state index in [0.29, 0.717) is 17.5 Å². The number of furan rings is 1. The summed E-state index contributed by atoms with van der Waals surface area (Å²) in [4.78, 5) is 15.2. The highest BCUT2D eigenvalue weighted by molar-refractivity contribution is 6.24. The molecule has 4 nitrogen and oxygen atoms in total. The van der Waals surface area contributed by atoms with Crippen molar-refractivity contribution in [1.29, 1.82) is 0 Å². The maximum Gasteiger partial charge on any atom is 0.164 e. The highest BCUT2D eigenvalue weighted by Gasteiger charge is 2.20. The van der Waals surface area contributed by atoms with E-state index in [1.807, 2.05) is 42.5 Å². The van der Waals surface area contributed by atoms with Gasteiger partial charge in [0.15, 0.2) is 17.5 Å². The van der Waals surface area contributed by atoms with Gasteiger partial charge in [-0.05, 0) is 39.1 Å². The SMILES string of the molecule is c1ccc(-c2nc(-c3cccc4ccccc34)nc(-c3cccc4oc5c(ccc6ccc7ccccc7c65)c34)n2)cc1. The maximum atomic E-state index is 6.65. The molecule has 0 atom stereocenters. The van der Waals surface area contributed by atoms with Crippen molar-refractivity contribution >= 4 is 54.3 Å². The van der Waals surface area contributed by atoms with Gasteiger partial charge in [0, 0.05) is 32.8 Å². The number of benzene rings is 7. The third kappa shape index (κ3) is 3.74. The summed E-state index contributed by atoms with van der Waals surface area (Å²) in [6.45, 7) is 0. The number of hydrogen-bond donors (Lipinski definition) is 0. The lowest BCUT2D eigenvalue weighted by atomic mass is 9.98. The molecule has 0 saturated carbocycles. The molecule has 0 spiro atoms. The number of rotatable bonds is 3. The third-order valence-corrected chi connectivity index (χ3v) is 8.31. The smallest absolute Gasteiger partial charge is 0.164 e. The maximum absolute atomic E-state index is 6.65. The van der Waals surface area contributed by atoms with Crippen LogP contribution in [0.3, 0.4) is 0 Å². The van der Waals surface area contributed by atoms with Crippen molar-refractivity contribution in [2.45, 2.75) is 0 Å². The van der Waals surface area contributed by atoms with Crippen LogP contribution in [0.1, 0.15) is 0 Å². The molecule has 2 heterocycles. The van der Waals surface area contributed by atoms with Crippen LogP contribution in [-0.2, 0) is 0 Å². The highest BCUT2D eigenvalue weighted by Crippen LogP contribution is 2.41. The molecule has 9 rings (SSSR count). The molecule has 2 aromatic heterocycles. The van der Waals surface area contributed by atoms with Gasteiger partial charge in [-0.25, -0.2) is 15.0 Å². The number of hydrogen-bond acceptors (Lipinski definition) is 4. The molecule has 43 heavy (non-hydrogen) atoms. The molecule has 0 aliphatic rings. The van der Waals surface area contributed by atoms with Crippen molar-refractivity contribution < 1.29 is 4.42 Å². The van der Waals surface area contributed by atoms with Crippen LogP contribution in [0.2, 0.25) is 0 Å². The molecule has 9 aromatic rings. The standard InChI is InChI=1S/C39H23N3O/c1-2-12-27(13-3-1)37-40-38(30-17-8-14-24-10-4-6-15-28(24)30)42-39(41-37)32-18-9-19-33-35(32)31-23-22-26-21-20-25-11-5-7-16-29(25)34(26)36(31)43-33/h1-23H. The molecule has 0 fully saturated rings. The van der Waals surface area contributed by atoms with Crippen LogP contribution in [0.4, 0.5) is 0 Å². The van der Waals surface area contributed by atoms with Crippen molar-refractivity contribution in [2.75, 3.05) is 0 Å². The predicted molar refractivity (Wildman–Crippen MR) is 176 cm³/mol. The quantitative estimate of drug-likeness (QED) is 0.206. The zero-order chi connectivity index (χ0) is 28.3.